The monoisotopic (exact) mass is 289 g/mol. The molecular formula is C18H31N3. The maximum absolute atomic E-state index is 3.66. The molecule has 1 fully saturated rings. The maximum atomic E-state index is 3.66. The molecule has 0 radical (unpaired) electrons. The molecule has 1 aromatic carbocycles. The molecule has 1 aromatic rings. The Hall–Kier alpha value is -0.900. The third kappa shape index (κ3) is 4.80. The molecule has 2 unspecified atom stereocenters. The average molecular weight is 289 g/mol. The van der Waals surface area contributed by atoms with Gasteiger partial charge in [-0.25, -0.2) is 0 Å². The largest absolute Gasteiger partial charge is 0.315 e. The Morgan fingerprint density at radius 3 is 2.48 bits per heavy atom. The molecule has 1 heterocycles. The van der Waals surface area contributed by atoms with E-state index in [2.05, 4.69) is 73.3 Å². The van der Waals surface area contributed by atoms with Crippen LogP contribution in [0.4, 0.5) is 0 Å². The van der Waals surface area contributed by atoms with Gasteiger partial charge in [0, 0.05) is 38.3 Å². The van der Waals surface area contributed by atoms with Crippen molar-refractivity contribution in [1.82, 2.24) is 15.1 Å². The van der Waals surface area contributed by atoms with Crippen LogP contribution < -0.4 is 5.32 Å². The zero-order valence-corrected chi connectivity index (χ0v) is 14.0. The fourth-order valence-electron chi connectivity index (χ4n) is 3.23. The number of hydrogen-bond acceptors (Lipinski definition) is 3. The summed E-state index contributed by atoms with van der Waals surface area (Å²) in [5.41, 5.74) is 1.44. The minimum atomic E-state index is 0.480. The molecule has 3 nitrogen and oxygen atoms in total. The first kappa shape index (κ1) is 16.5. The van der Waals surface area contributed by atoms with Crippen molar-refractivity contribution in [2.45, 2.75) is 32.9 Å². The van der Waals surface area contributed by atoms with E-state index in [1.165, 1.54) is 5.56 Å². The molecular weight excluding hydrogens is 258 g/mol. The van der Waals surface area contributed by atoms with Gasteiger partial charge in [0.1, 0.15) is 0 Å². The minimum Gasteiger partial charge on any atom is -0.315 e. The summed E-state index contributed by atoms with van der Waals surface area (Å²) in [7, 11) is 2.22. The van der Waals surface area contributed by atoms with Gasteiger partial charge in [0.25, 0.3) is 0 Å². The molecule has 0 aromatic heterocycles. The number of nitrogens with one attached hydrogen (secondary N) is 1. The lowest BCUT2D eigenvalue weighted by Gasteiger charge is -2.43. The van der Waals surface area contributed by atoms with Gasteiger partial charge in [-0.2, -0.15) is 0 Å². The predicted octanol–water partition coefficient (Wildman–Crippen LogP) is 2.61. The Labute approximate surface area is 130 Å². The van der Waals surface area contributed by atoms with E-state index in [1.54, 1.807) is 0 Å². The standard InChI is InChI=1S/C18H31N3/c1-15(2)12-19-13-18(17-8-6-5-7-9-17)21-11-10-20(4)14-16(21)3/h5-9,15-16,18-19H,10-14H2,1-4H3. The Morgan fingerprint density at radius 2 is 1.86 bits per heavy atom. The molecule has 118 valence electrons. The van der Waals surface area contributed by atoms with Crippen molar-refractivity contribution in [3.05, 3.63) is 35.9 Å². The van der Waals surface area contributed by atoms with E-state index in [0.717, 1.165) is 32.7 Å². The molecule has 3 heteroatoms. The van der Waals surface area contributed by atoms with Gasteiger partial charge in [-0.15, -0.1) is 0 Å². The van der Waals surface area contributed by atoms with Crippen LogP contribution in [0, 0.1) is 5.92 Å². The Balaban J connectivity index is 2.08. The van der Waals surface area contributed by atoms with E-state index >= 15 is 0 Å². The predicted molar refractivity (Wildman–Crippen MR) is 90.6 cm³/mol. The fourth-order valence-corrected chi connectivity index (χ4v) is 3.23. The van der Waals surface area contributed by atoms with Crippen LogP contribution in [0.3, 0.4) is 0 Å². The van der Waals surface area contributed by atoms with Crippen LogP contribution in [0.25, 0.3) is 0 Å². The topological polar surface area (TPSA) is 18.5 Å². The number of nitrogens with zero attached hydrogens (tertiary/aromatic N) is 2. The fraction of sp³-hybridized carbons (Fsp3) is 0.667. The summed E-state index contributed by atoms with van der Waals surface area (Å²) in [5.74, 6) is 0.700. The van der Waals surface area contributed by atoms with Crippen molar-refractivity contribution >= 4 is 0 Å². The Morgan fingerprint density at radius 1 is 1.14 bits per heavy atom. The van der Waals surface area contributed by atoms with Gasteiger partial charge in [0.05, 0.1) is 0 Å². The second-order valence-corrected chi connectivity index (χ2v) is 6.83. The molecule has 2 atom stereocenters. The molecule has 1 saturated heterocycles. The highest BCUT2D eigenvalue weighted by Crippen LogP contribution is 2.24. The normalized spacial score (nSPS) is 22.6. The zero-order chi connectivity index (χ0) is 15.2. The lowest BCUT2D eigenvalue weighted by molar-refractivity contribution is 0.0600. The van der Waals surface area contributed by atoms with Crippen molar-refractivity contribution in [1.29, 1.82) is 0 Å². The van der Waals surface area contributed by atoms with Crippen LogP contribution >= 0.6 is 0 Å². The van der Waals surface area contributed by atoms with Crippen molar-refractivity contribution in [2.24, 2.45) is 5.92 Å². The van der Waals surface area contributed by atoms with Crippen molar-refractivity contribution in [2.75, 3.05) is 39.8 Å². The Kier molecular flexibility index (Phi) is 6.22. The van der Waals surface area contributed by atoms with Crippen LogP contribution in [-0.2, 0) is 0 Å². The molecule has 0 spiro atoms. The summed E-state index contributed by atoms with van der Waals surface area (Å²) in [4.78, 5) is 5.10. The molecule has 1 aliphatic heterocycles. The van der Waals surface area contributed by atoms with E-state index in [1.807, 2.05) is 0 Å². The number of likely N-dealkylation sites (N-methyl/N-ethyl adjacent to an activating group) is 1. The average Bonchev–Trinajstić information content (AvgIpc) is 2.45. The second kappa shape index (κ2) is 7.92. The lowest BCUT2D eigenvalue weighted by atomic mass is 10.0. The summed E-state index contributed by atoms with van der Waals surface area (Å²) in [5, 5.41) is 3.66. The minimum absolute atomic E-state index is 0.480. The van der Waals surface area contributed by atoms with Crippen LogP contribution in [0.2, 0.25) is 0 Å². The van der Waals surface area contributed by atoms with Crippen molar-refractivity contribution in [3.8, 4) is 0 Å². The van der Waals surface area contributed by atoms with Crippen LogP contribution in [0.1, 0.15) is 32.4 Å². The summed E-state index contributed by atoms with van der Waals surface area (Å²) in [6.07, 6.45) is 0. The first-order valence-corrected chi connectivity index (χ1v) is 8.28. The molecule has 0 amide bonds. The summed E-state index contributed by atoms with van der Waals surface area (Å²) in [6.45, 7) is 12.5. The first-order chi connectivity index (χ1) is 10.1. The van der Waals surface area contributed by atoms with E-state index in [0.29, 0.717) is 18.0 Å². The number of rotatable bonds is 6. The zero-order valence-electron chi connectivity index (χ0n) is 14.0. The first-order valence-electron chi connectivity index (χ1n) is 8.28. The van der Waals surface area contributed by atoms with E-state index in [-0.39, 0.29) is 0 Å². The number of hydrogen-bond donors (Lipinski definition) is 1. The van der Waals surface area contributed by atoms with E-state index in [4.69, 9.17) is 0 Å². The van der Waals surface area contributed by atoms with Gasteiger partial charge < -0.3 is 10.2 Å². The molecule has 0 bridgehead atoms. The highest BCUT2D eigenvalue weighted by Gasteiger charge is 2.28. The highest BCUT2D eigenvalue weighted by molar-refractivity contribution is 5.20. The SMILES string of the molecule is CC(C)CNCC(c1ccccc1)N1CCN(C)CC1C. The van der Waals surface area contributed by atoms with Gasteiger partial charge in [-0.1, -0.05) is 44.2 Å². The van der Waals surface area contributed by atoms with E-state index in [9.17, 15) is 0 Å². The molecule has 21 heavy (non-hydrogen) atoms. The van der Waals surface area contributed by atoms with Gasteiger partial charge in [0.15, 0.2) is 0 Å². The summed E-state index contributed by atoms with van der Waals surface area (Å²) >= 11 is 0. The van der Waals surface area contributed by atoms with E-state index < -0.39 is 0 Å². The molecule has 1 aliphatic rings. The summed E-state index contributed by atoms with van der Waals surface area (Å²) in [6, 6.07) is 12.1. The van der Waals surface area contributed by atoms with Crippen molar-refractivity contribution in [3.63, 3.8) is 0 Å². The van der Waals surface area contributed by atoms with Crippen LogP contribution in [-0.4, -0.2) is 55.6 Å². The Bertz CT molecular complexity index is 404. The van der Waals surface area contributed by atoms with Gasteiger partial charge in [-0.3, -0.25) is 4.90 Å². The number of piperazine rings is 1. The molecule has 0 saturated carbocycles. The third-order valence-electron chi connectivity index (χ3n) is 4.36. The van der Waals surface area contributed by atoms with Crippen LogP contribution in [0.5, 0.6) is 0 Å². The maximum Gasteiger partial charge on any atom is 0.0476 e. The van der Waals surface area contributed by atoms with Gasteiger partial charge in [0.2, 0.25) is 0 Å². The molecule has 2 rings (SSSR count). The number of benzene rings is 1. The third-order valence-corrected chi connectivity index (χ3v) is 4.36. The summed E-state index contributed by atoms with van der Waals surface area (Å²) < 4.78 is 0. The van der Waals surface area contributed by atoms with Gasteiger partial charge in [-0.05, 0) is 32.0 Å². The smallest absolute Gasteiger partial charge is 0.0476 e. The molecule has 1 N–H and O–H groups in total. The molecule has 0 aliphatic carbocycles. The highest BCUT2D eigenvalue weighted by atomic mass is 15.3. The lowest BCUT2D eigenvalue weighted by Crippen LogP contribution is -2.53. The van der Waals surface area contributed by atoms with Crippen molar-refractivity contribution < 1.29 is 0 Å². The second-order valence-electron chi connectivity index (χ2n) is 6.83. The van der Waals surface area contributed by atoms with Crippen LogP contribution in [0.15, 0.2) is 30.3 Å². The van der Waals surface area contributed by atoms with Gasteiger partial charge >= 0.3 is 0 Å². The quantitative estimate of drug-likeness (QED) is 0.868.